The number of amides is 2. The Balaban J connectivity index is 1.57. The van der Waals surface area contributed by atoms with E-state index in [1.54, 1.807) is 63.3 Å². The van der Waals surface area contributed by atoms with Crippen LogP contribution in [-0.2, 0) is 16.6 Å². The third kappa shape index (κ3) is 6.72. The van der Waals surface area contributed by atoms with Crippen LogP contribution in [0.15, 0.2) is 48.8 Å². The number of likely N-dealkylation sites (tertiary alicyclic amines) is 1. The summed E-state index contributed by atoms with van der Waals surface area (Å²) in [5.41, 5.74) is 0.0682. The second kappa shape index (κ2) is 11.9. The number of thiophene rings is 1. The summed E-state index contributed by atoms with van der Waals surface area (Å²) in [6, 6.07) is 7.26. The average molecular weight is 607 g/mol. The van der Waals surface area contributed by atoms with Gasteiger partial charge in [-0.2, -0.15) is 0 Å². The summed E-state index contributed by atoms with van der Waals surface area (Å²) in [5, 5.41) is 17.6. The minimum atomic E-state index is -1.09. The van der Waals surface area contributed by atoms with E-state index in [-0.39, 0.29) is 12.1 Å². The zero-order valence-corrected chi connectivity index (χ0v) is 25.0. The highest BCUT2D eigenvalue weighted by Crippen LogP contribution is 2.36. The molecule has 1 fully saturated rings. The largest absolute Gasteiger partial charge is 0.478 e. The fraction of sp³-hybridized carbons (Fsp3) is 0.333. The second-order valence-corrected chi connectivity index (χ2v) is 12.4. The van der Waals surface area contributed by atoms with Crippen molar-refractivity contribution in [3.05, 3.63) is 65.1 Å². The van der Waals surface area contributed by atoms with E-state index in [1.807, 2.05) is 0 Å². The Morgan fingerprint density at radius 1 is 1.21 bits per heavy atom. The molecule has 0 bridgehead atoms. The van der Waals surface area contributed by atoms with E-state index >= 15 is 4.39 Å². The monoisotopic (exact) mass is 606 g/mol. The molecule has 1 saturated heterocycles. The molecule has 43 heavy (non-hydrogen) atoms. The number of aliphatic carboxylic acids is 1. The summed E-state index contributed by atoms with van der Waals surface area (Å²) < 4.78 is 23.5. The van der Waals surface area contributed by atoms with Gasteiger partial charge in [0.2, 0.25) is 0 Å². The van der Waals surface area contributed by atoms with Crippen LogP contribution in [0.2, 0.25) is 0 Å². The Morgan fingerprint density at radius 3 is 2.67 bits per heavy atom. The number of fused-ring (bicyclic) bond motifs is 1. The van der Waals surface area contributed by atoms with E-state index in [1.165, 1.54) is 39.1 Å². The number of aryl methyl sites for hydroxylation is 1. The normalized spacial score (nSPS) is 15.7. The Morgan fingerprint density at radius 2 is 2.00 bits per heavy atom. The zero-order chi connectivity index (χ0) is 30.9. The number of carboxylic acids is 1. The maximum absolute atomic E-state index is 15.7. The zero-order valence-electron chi connectivity index (χ0n) is 24.2. The van der Waals surface area contributed by atoms with Crippen LogP contribution in [0.4, 0.5) is 15.0 Å². The lowest BCUT2D eigenvalue weighted by Crippen LogP contribution is -2.53. The molecule has 2 amide bonds. The van der Waals surface area contributed by atoms with Gasteiger partial charge in [0.1, 0.15) is 22.9 Å². The maximum Gasteiger partial charge on any atom is 0.410 e. The van der Waals surface area contributed by atoms with Crippen LogP contribution in [0.25, 0.3) is 27.4 Å². The van der Waals surface area contributed by atoms with E-state index in [9.17, 15) is 14.4 Å². The van der Waals surface area contributed by atoms with E-state index in [0.717, 1.165) is 10.8 Å². The van der Waals surface area contributed by atoms with Gasteiger partial charge in [-0.3, -0.25) is 14.4 Å². The number of nitrogens with zero attached hydrogens (tertiary/aromatic N) is 6. The number of ether oxygens (including phenoxy) is 1. The van der Waals surface area contributed by atoms with Crippen LogP contribution in [0.5, 0.6) is 0 Å². The highest BCUT2D eigenvalue weighted by molar-refractivity contribution is 7.20. The average Bonchev–Trinajstić information content (AvgIpc) is 3.57. The first-order valence-corrected chi connectivity index (χ1v) is 14.5. The predicted molar refractivity (Wildman–Crippen MR) is 160 cm³/mol. The van der Waals surface area contributed by atoms with Crippen LogP contribution in [0.1, 0.15) is 48.8 Å². The maximum atomic E-state index is 15.7. The molecule has 1 aromatic carbocycles. The first-order valence-electron chi connectivity index (χ1n) is 13.7. The van der Waals surface area contributed by atoms with Crippen molar-refractivity contribution in [2.24, 2.45) is 7.05 Å². The summed E-state index contributed by atoms with van der Waals surface area (Å²) in [6.07, 6.45) is 6.35. The minimum Gasteiger partial charge on any atom is -0.478 e. The lowest BCUT2D eigenvalue weighted by atomic mass is 10.0. The molecule has 3 aromatic heterocycles. The number of carbonyl (C=O) groups excluding carboxylic acids is 2. The summed E-state index contributed by atoms with van der Waals surface area (Å²) in [7, 11) is 1.70. The van der Waals surface area contributed by atoms with Crippen molar-refractivity contribution in [3.8, 4) is 11.3 Å². The molecule has 5 rings (SSSR count). The van der Waals surface area contributed by atoms with Crippen LogP contribution >= 0.6 is 11.3 Å². The Labute approximate surface area is 251 Å². The lowest BCUT2D eigenvalue weighted by Gasteiger charge is -2.39. The van der Waals surface area contributed by atoms with Crippen molar-refractivity contribution in [1.82, 2.24) is 24.9 Å². The minimum absolute atomic E-state index is 0.161. The van der Waals surface area contributed by atoms with Gasteiger partial charge in [-0.15, -0.1) is 16.4 Å². The third-order valence-corrected chi connectivity index (χ3v) is 7.86. The number of anilines is 1. The number of pyridine rings is 1. The molecule has 0 spiro atoms. The van der Waals surface area contributed by atoms with Gasteiger partial charge in [-0.05, 0) is 64.0 Å². The van der Waals surface area contributed by atoms with Crippen LogP contribution in [0.3, 0.4) is 0 Å². The van der Waals surface area contributed by atoms with Gasteiger partial charge in [0.05, 0.1) is 17.8 Å². The molecule has 4 heterocycles. The number of hydrogen-bond acceptors (Lipinski definition) is 8. The Bertz CT molecular complexity index is 1730. The molecule has 1 aliphatic heterocycles. The van der Waals surface area contributed by atoms with Crippen LogP contribution < -0.4 is 4.90 Å². The first kappa shape index (κ1) is 29.8. The topological polar surface area (TPSA) is 131 Å². The van der Waals surface area contributed by atoms with Gasteiger partial charge in [-0.1, -0.05) is 11.3 Å². The fourth-order valence-electron chi connectivity index (χ4n) is 4.95. The number of halogens is 1. The smallest absolute Gasteiger partial charge is 0.410 e. The van der Waals surface area contributed by atoms with Crippen molar-refractivity contribution in [3.63, 3.8) is 0 Å². The SMILES string of the molecule is Cn1cc(-c2ccc(C(=O)N(c3nccc4sc(/C=C/C(=O)O)cc34)[C@@H]3CCCN(C(=O)OC(C)(C)C)C3)c(F)c2)nn1. The standard InChI is InChI=1S/C30H31FN6O5S/c1-30(2,3)42-29(41)36-13-5-6-19(16-36)37(27-22-15-20(8-10-26(38)39)43-25(22)11-12-32-27)28(40)21-9-7-18(14-23(21)31)24-17-35(4)34-33-24/h7-12,14-15,17,19H,5-6,13,16H2,1-4H3,(H,38,39)/b10-8+/t19-/m1/s1. The summed E-state index contributed by atoms with van der Waals surface area (Å²) in [5.74, 6) is -2.15. The Hall–Kier alpha value is -4.65. The van der Waals surface area contributed by atoms with Crippen molar-refractivity contribution in [1.29, 1.82) is 0 Å². The number of piperidine rings is 1. The molecule has 224 valence electrons. The first-order chi connectivity index (χ1) is 20.4. The number of carboxylic acid groups (broad SMARTS) is 1. The number of aromatic nitrogens is 4. The quantitative estimate of drug-likeness (QED) is 0.290. The molecule has 0 aliphatic carbocycles. The fourth-order valence-corrected chi connectivity index (χ4v) is 5.90. The van der Waals surface area contributed by atoms with Gasteiger partial charge in [0.25, 0.3) is 5.91 Å². The Kier molecular flexibility index (Phi) is 8.27. The van der Waals surface area contributed by atoms with Gasteiger partial charge in [0, 0.05) is 52.9 Å². The molecule has 4 aromatic rings. The van der Waals surface area contributed by atoms with E-state index < -0.39 is 35.4 Å². The highest BCUT2D eigenvalue weighted by atomic mass is 32.1. The van der Waals surface area contributed by atoms with Gasteiger partial charge in [-0.25, -0.2) is 19.0 Å². The van der Waals surface area contributed by atoms with Gasteiger partial charge < -0.3 is 14.7 Å². The molecule has 1 aliphatic rings. The molecule has 1 N–H and O–H groups in total. The summed E-state index contributed by atoms with van der Waals surface area (Å²) >= 11 is 1.34. The van der Waals surface area contributed by atoms with Crippen molar-refractivity contribution < 1.29 is 28.6 Å². The number of hydrogen-bond donors (Lipinski definition) is 1. The van der Waals surface area contributed by atoms with Crippen LogP contribution in [0, 0.1) is 5.82 Å². The van der Waals surface area contributed by atoms with Gasteiger partial charge >= 0.3 is 12.1 Å². The summed E-state index contributed by atoms with van der Waals surface area (Å²) in [6.45, 7) is 5.97. The molecule has 13 heteroatoms. The van der Waals surface area contributed by atoms with E-state index in [4.69, 9.17) is 9.84 Å². The summed E-state index contributed by atoms with van der Waals surface area (Å²) in [4.78, 5) is 46.6. The molecular formula is C30H31FN6O5S. The molecular weight excluding hydrogens is 575 g/mol. The third-order valence-electron chi connectivity index (χ3n) is 6.79. The van der Waals surface area contributed by atoms with E-state index in [2.05, 4.69) is 15.3 Å². The second-order valence-electron chi connectivity index (χ2n) is 11.2. The molecule has 1 atom stereocenters. The highest BCUT2D eigenvalue weighted by Gasteiger charge is 2.36. The molecule has 0 radical (unpaired) electrons. The molecule has 11 nitrogen and oxygen atoms in total. The van der Waals surface area contributed by atoms with Crippen molar-refractivity contribution in [2.45, 2.75) is 45.3 Å². The number of carbonyl (C=O) groups is 3. The molecule has 0 unspecified atom stereocenters. The predicted octanol–water partition coefficient (Wildman–Crippen LogP) is 5.38. The lowest BCUT2D eigenvalue weighted by molar-refractivity contribution is -0.131. The van der Waals surface area contributed by atoms with E-state index in [0.29, 0.717) is 46.7 Å². The van der Waals surface area contributed by atoms with Crippen molar-refractivity contribution in [2.75, 3.05) is 18.0 Å². The van der Waals surface area contributed by atoms with Crippen molar-refractivity contribution >= 4 is 51.3 Å². The van der Waals surface area contributed by atoms with Gasteiger partial charge in [0.15, 0.2) is 0 Å². The number of benzene rings is 1. The van der Waals surface area contributed by atoms with Crippen LogP contribution in [-0.4, -0.2) is 72.7 Å². The molecule has 0 saturated carbocycles. The number of rotatable bonds is 6.